The second kappa shape index (κ2) is 5.60. The first-order valence-electron chi connectivity index (χ1n) is 5.90. The van der Waals surface area contributed by atoms with Crippen molar-refractivity contribution in [2.24, 2.45) is 0 Å². The van der Waals surface area contributed by atoms with Crippen molar-refractivity contribution >= 4 is 0 Å². The summed E-state index contributed by atoms with van der Waals surface area (Å²) in [5, 5.41) is 28.5. The van der Waals surface area contributed by atoms with Crippen molar-refractivity contribution in [2.45, 2.75) is 31.5 Å². The Bertz CT molecular complexity index is 667. The monoisotopic (exact) mass is 282 g/mol. The van der Waals surface area contributed by atoms with Gasteiger partial charge in [-0.2, -0.15) is 0 Å². The number of hydrogen-bond acceptors (Lipinski definition) is 6. The van der Waals surface area contributed by atoms with Crippen LogP contribution in [0.15, 0.2) is 15.8 Å². The smallest absolute Gasteiger partial charge is 0.330 e. The Morgan fingerprint density at radius 2 is 2.10 bits per heavy atom. The van der Waals surface area contributed by atoms with Crippen LogP contribution in [0.5, 0.6) is 0 Å². The lowest BCUT2D eigenvalue weighted by molar-refractivity contribution is -0.0550. The minimum absolute atomic E-state index is 0.0323. The third-order valence-corrected chi connectivity index (χ3v) is 3.02. The van der Waals surface area contributed by atoms with Gasteiger partial charge in [0.05, 0.1) is 6.61 Å². The molecule has 8 heteroatoms. The van der Waals surface area contributed by atoms with E-state index < -0.39 is 42.4 Å². The van der Waals surface area contributed by atoms with Crippen LogP contribution in [-0.4, -0.2) is 49.8 Å². The maximum Gasteiger partial charge on any atom is 0.330 e. The van der Waals surface area contributed by atoms with Crippen LogP contribution < -0.4 is 11.2 Å². The summed E-state index contributed by atoms with van der Waals surface area (Å²) in [4.78, 5) is 25.3. The Balaban J connectivity index is 2.47. The fourth-order valence-electron chi connectivity index (χ4n) is 2.01. The molecule has 2 rings (SSSR count). The van der Waals surface area contributed by atoms with Crippen molar-refractivity contribution < 1.29 is 20.1 Å². The molecule has 1 aromatic rings. The standard InChI is InChI=1S/C12H14N2O6/c1-2-3-6-4-14(12(19)13-10(6)18)11-9(17)8(16)7(5-15)20-11/h4,7-9,11,15-17H,5H2,1H3,(H,13,18,19)/t7-,8?,9-,11-/m1/s1. The highest BCUT2D eigenvalue weighted by Gasteiger charge is 2.43. The van der Waals surface area contributed by atoms with Gasteiger partial charge in [-0.05, 0) is 6.92 Å². The number of nitrogens with zero attached hydrogens (tertiary/aromatic N) is 1. The minimum atomic E-state index is -1.40. The molecular weight excluding hydrogens is 268 g/mol. The molecule has 1 aliphatic heterocycles. The molecule has 1 aromatic heterocycles. The van der Waals surface area contributed by atoms with E-state index >= 15 is 0 Å². The Morgan fingerprint density at radius 3 is 2.65 bits per heavy atom. The zero-order valence-corrected chi connectivity index (χ0v) is 10.6. The van der Waals surface area contributed by atoms with Crippen LogP contribution >= 0.6 is 0 Å². The maximum atomic E-state index is 11.8. The Kier molecular flexibility index (Phi) is 4.06. The predicted octanol–water partition coefficient (Wildman–Crippen LogP) is -2.48. The molecule has 0 aliphatic carbocycles. The molecule has 1 saturated heterocycles. The lowest BCUT2D eigenvalue weighted by Gasteiger charge is -2.17. The Morgan fingerprint density at radius 1 is 1.40 bits per heavy atom. The van der Waals surface area contributed by atoms with Gasteiger partial charge in [0.15, 0.2) is 6.23 Å². The molecule has 0 bridgehead atoms. The second-order valence-electron chi connectivity index (χ2n) is 4.31. The van der Waals surface area contributed by atoms with Crippen molar-refractivity contribution in [3.05, 3.63) is 32.6 Å². The van der Waals surface area contributed by atoms with Gasteiger partial charge in [-0.3, -0.25) is 14.3 Å². The molecule has 1 fully saturated rings. The van der Waals surface area contributed by atoms with Crippen molar-refractivity contribution in [1.29, 1.82) is 0 Å². The number of rotatable bonds is 2. The van der Waals surface area contributed by atoms with E-state index in [1.165, 1.54) is 6.92 Å². The second-order valence-corrected chi connectivity index (χ2v) is 4.31. The average Bonchev–Trinajstić information content (AvgIpc) is 2.70. The molecule has 1 aliphatic rings. The molecule has 8 nitrogen and oxygen atoms in total. The van der Waals surface area contributed by atoms with E-state index in [0.29, 0.717) is 0 Å². The number of H-pyrrole nitrogens is 1. The summed E-state index contributed by atoms with van der Waals surface area (Å²) in [6.07, 6.45) is -3.79. The van der Waals surface area contributed by atoms with E-state index in [9.17, 15) is 19.8 Å². The number of aliphatic hydroxyl groups is 3. The molecule has 108 valence electrons. The zero-order chi connectivity index (χ0) is 14.9. The summed E-state index contributed by atoms with van der Waals surface area (Å²) in [5.74, 6) is 5.04. The fraction of sp³-hybridized carbons (Fsp3) is 0.500. The lowest BCUT2D eigenvalue weighted by atomic mass is 10.1. The first kappa shape index (κ1) is 14.5. The van der Waals surface area contributed by atoms with E-state index in [-0.39, 0.29) is 5.56 Å². The van der Waals surface area contributed by atoms with Gasteiger partial charge in [0.1, 0.15) is 23.9 Å². The minimum Gasteiger partial charge on any atom is -0.394 e. The van der Waals surface area contributed by atoms with Gasteiger partial charge >= 0.3 is 5.69 Å². The number of hydrogen-bond donors (Lipinski definition) is 4. The van der Waals surface area contributed by atoms with Gasteiger partial charge in [-0.1, -0.05) is 5.92 Å². The number of nitrogens with one attached hydrogen (secondary N) is 1. The van der Waals surface area contributed by atoms with Crippen LogP contribution in [0.2, 0.25) is 0 Å². The highest BCUT2D eigenvalue weighted by Crippen LogP contribution is 2.27. The largest absolute Gasteiger partial charge is 0.394 e. The molecular formula is C12H14N2O6. The number of aromatic amines is 1. The summed E-state index contributed by atoms with van der Waals surface area (Å²) in [6.45, 7) is 1.02. The van der Waals surface area contributed by atoms with Crippen LogP contribution in [0.4, 0.5) is 0 Å². The molecule has 0 saturated carbocycles. The summed E-state index contributed by atoms with van der Waals surface area (Å²) in [7, 11) is 0. The van der Waals surface area contributed by atoms with Crippen LogP contribution in [0.1, 0.15) is 18.7 Å². The number of aliphatic hydroxyl groups excluding tert-OH is 3. The molecule has 0 amide bonds. The van der Waals surface area contributed by atoms with E-state index in [2.05, 4.69) is 16.8 Å². The molecule has 4 atom stereocenters. The van der Waals surface area contributed by atoms with Crippen molar-refractivity contribution in [2.75, 3.05) is 6.61 Å². The van der Waals surface area contributed by atoms with Gasteiger partial charge in [0.2, 0.25) is 0 Å². The predicted molar refractivity (Wildman–Crippen MR) is 66.9 cm³/mol. The average molecular weight is 282 g/mol. The Labute approximate surface area is 113 Å². The summed E-state index contributed by atoms with van der Waals surface area (Å²) in [5.41, 5.74) is -1.41. The first-order chi connectivity index (χ1) is 9.49. The highest BCUT2D eigenvalue weighted by molar-refractivity contribution is 5.28. The van der Waals surface area contributed by atoms with Crippen LogP contribution in [0.3, 0.4) is 0 Å². The molecule has 1 unspecified atom stereocenters. The lowest BCUT2D eigenvalue weighted by Crippen LogP contribution is -2.38. The highest BCUT2D eigenvalue weighted by atomic mass is 16.6. The van der Waals surface area contributed by atoms with Crippen LogP contribution in [-0.2, 0) is 4.74 Å². The molecule has 2 heterocycles. The van der Waals surface area contributed by atoms with Gasteiger partial charge in [-0.25, -0.2) is 4.79 Å². The van der Waals surface area contributed by atoms with Gasteiger partial charge in [0.25, 0.3) is 5.56 Å². The van der Waals surface area contributed by atoms with Crippen molar-refractivity contribution in [3.63, 3.8) is 0 Å². The quantitative estimate of drug-likeness (QED) is 0.445. The van der Waals surface area contributed by atoms with Gasteiger partial charge in [0, 0.05) is 6.20 Å². The van der Waals surface area contributed by atoms with E-state index in [1.54, 1.807) is 0 Å². The summed E-state index contributed by atoms with van der Waals surface area (Å²) in [6, 6.07) is 0. The fourth-order valence-corrected chi connectivity index (χ4v) is 2.01. The molecule has 20 heavy (non-hydrogen) atoms. The number of aromatic nitrogens is 2. The maximum absolute atomic E-state index is 11.8. The topological polar surface area (TPSA) is 125 Å². The third-order valence-electron chi connectivity index (χ3n) is 3.02. The van der Waals surface area contributed by atoms with Crippen LogP contribution in [0.25, 0.3) is 0 Å². The summed E-state index contributed by atoms with van der Waals surface area (Å²) >= 11 is 0. The molecule has 0 spiro atoms. The molecule has 0 aromatic carbocycles. The normalized spacial score (nSPS) is 29.0. The van der Waals surface area contributed by atoms with Gasteiger partial charge in [-0.15, -0.1) is 5.92 Å². The summed E-state index contributed by atoms with van der Waals surface area (Å²) < 4.78 is 6.15. The third kappa shape index (κ3) is 2.39. The molecule has 4 N–H and O–H groups in total. The van der Waals surface area contributed by atoms with Crippen molar-refractivity contribution in [1.82, 2.24) is 9.55 Å². The van der Waals surface area contributed by atoms with Gasteiger partial charge < -0.3 is 20.1 Å². The number of ether oxygens (including phenoxy) is 1. The SMILES string of the molecule is CC#Cc1cn([C@@H]2O[C@H](CO)C(O)[C@H]2O)c(=O)[nH]c1=O. The van der Waals surface area contributed by atoms with Crippen molar-refractivity contribution in [3.8, 4) is 11.8 Å². The van der Waals surface area contributed by atoms with E-state index in [0.717, 1.165) is 10.8 Å². The first-order valence-corrected chi connectivity index (χ1v) is 5.90. The zero-order valence-electron chi connectivity index (χ0n) is 10.6. The van der Waals surface area contributed by atoms with E-state index in [1.807, 2.05) is 0 Å². The molecule has 0 radical (unpaired) electrons. The van der Waals surface area contributed by atoms with E-state index in [4.69, 9.17) is 9.84 Å². The van der Waals surface area contributed by atoms with Crippen LogP contribution in [0, 0.1) is 11.8 Å². The Hall–Kier alpha value is -1.92.